The van der Waals surface area contributed by atoms with Crippen molar-refractivity contribution in [3.05, 3.63) is 22.7 Å². The van der Waals surface area contributed by atoms with Gasteiger partial charge in [-0.2, -0.15) is 0 Å². The van der Waals surface area contributed by atoms with Gasteiger partial charge in [-0.15, -0.1) is 11.3 Å². The minimum atomic E-state index is 0.584. The molecule has 2 rings (SSSR count). The first-order valence-electron chi connectivity index (χ1n) is 4.02. The monoisotopic (exact) mass is 207 g/mol. The largest absolute Gasteiger partial charge is 0.308 e. The quantitative estimate of drug-likeness (QED) is 0.571. The molecule has 0 aliphatic carbocycles. The summed E-state index contributed by atoms with van der Waals surface area (Å²) in [5.74, 6) is 6.42. The lowest BCUT2D eigenvalue weighted by Crippen LogP contribution is -2.09. The normalized spacial score (nSPS) is 10.1. The van der Waals surface area contributed by atoms with E-state index in [0.717, 1.165) is 10.7 Å². The van der Waals surface area contributed by atoms with Crippen LogP contribution in [-0.4, -0.2) is 15.0 Å². The minimum absolute atomic E-state index is 0.584. The van der Waals surface area contributed by atoms with E-state index in [4.69, 9.17) is 5.84 Å². The summed E-state index contributed by atoms with van der Waals surface area (Å²) in [4.78, 5) is 12.6. The number of nitrogens with one attached hydrogen (secondary N) is 1. The second kappa shape index (κ2) is 3.69. The van der Waals surface area contributed by atoms with Crippen LogP contribution in [0, 0.1) is 6.92 Å². The summed E-state index contributed by atoms with van der Waals surface area (Å²) in [7, 11) is 0. The summed E-state index contributed by atoms with van der Waals surface area (Å²) in [6, 6.07) is 1.70. The molecular weight excluding hydrogens is 198 g/mol. The third-order valence-corrected chi connectivity index (χ3v) is 2.43. The van der Waals surface area contributed by atoms with Crippen molar-refractivity contribution < 1.29 is 0 Å². The highest BCUT2D eigenvalue weighted by molar-refractivity contribution is 7.09. The molecule has 0 bridgehead atoms. The number of thiazole rings is 1. The van der Waals surface area contributed by atoms with Gasteiger partial charge in [0.05, 0.1) is 5.01 Å². The first-order chi connectivity index (χ1) is 6.79. The molecule has 0 saturated carbocycles. The zero-order chi connectivity index (χ0) is 9.97. The molecule has 0 amide bonds. The molecule has 0 unspecified atom stereocenters. The number of aryl methyl sites for hydroxylation is 1. The SMILES string of the molecule is Cc1nc(-c2nccc(NN)n2)cs1. The number of anilines is 1. The maximum absolute atomic E-state index is 5.24. The lowest BCUT2D eigenvalue weighted by molar-refractivity contribution is 1.12. The van der Waals surface area contributed by atoms with Crippen molar-refractivity contribution in [2.24, 2.45) is 5.84 Å². The van der Waals surface area contributed by atoms with Gasteiger partial charge in [0, 0.05) is 17.6 Å². The van der Waals surface area contributed by atoms with Gasteiger partial charge in [0.15, 0.2) is 5.82 Å². The third-order valence-electron chi connectivity index (χ3n) is 1.65. The second-order valence-electron chi connectivity index (χ2n) is 2.66. The van der Waals surface area contributed by atoms with Crippen molar-refractivity contribution in [2.45, 2.75) is 6.92 Å². The molecule has 2 heterocycles. The molecule has 0 spiro atoms. The Balaban J connectivity index is 2.41. The van der Waals surface area contributed by atoms with E-state index >= 15 is 0 Å². The second-order valence-corrected chi connectivity index (χ2v) is 3.72. The summed E-state index contributed by atoms with van der Waals surface area (Å²) < 4.78 is 0. The smallest absolute Gasteiger partial charge is 0.181 e. The van der Waals surface area contributed by atoms with Crippen molar-refractivity contribution in [2.75, 3.05) is 5.43 Å². The molecule has 0 saturated heterocycles. The maximum atomic E-state index is 5.24. The van der Waals surface area contributed by atoms with Crippen molar-refractivity contribution in [1.82, 2.24) is 15.0 Å². The predicted octanol–water partition coefficient (Wildman–Crippen LogP) is 1.19. The molecule has 2 aromatic heterocycles. The Hall–Kier alpha value is -1.53. The molecule has 0 aliphatic rings. The van der Waals surface area contributed by atoms with Crippen LogP contribution in [0.2, 0.25) is 0 Å². The Morgan fingerprint density at radius 3 is 2.93 bits per heavy atom. The zero-order valence-corrected chi connectivity index (χ0v) is 8.38. The van der Waals surface area contributed by atoms with E-state index in [-0.39, 0.29) is 0 Å². The summed E-state index contributed by atoms with van der Waals surface area (Å²) in [6.45, 7) is 1.94. The van der Waals surface area contributed by atoms with Gasteiger partial charge in [-0.3, -0.25) is 0 Å². The Labute approximate surface area is 85.0 Å². The van der Waals surface area contributed by atoms with Crippen molar-refractivity contribution in [3.63, 3.8) is 0 Å². The zero-order valence-electron chi connectivity index (χ0n) is 7.56. The van der Waals surface area contributed by atoms with Crippen LogP contribution in [0.25, 0.3) is 11.5 Å². The average molecular weight is 207 g/mol. The first-order valence-corrected chi connectivity index (χ1v) is 4.90. The molecule has 5 nitrogen and oxygen atoms in total. The van der Waals surface area contributed by atoms with Crippen LogP contribution in [-0.2, 0) is 0 Å². The van der Waals surface area contributed by atoms with Gasteiger partial charge in [0.25, 0.3) is 0 Å². The number of hydrazine groups is 1. The molecule has 0 fully saturated rings. The Morgan fingerprint density at radius 2 is 2.29 bits per heavy atom. The number of nitrogen functional groups attached to an aromatic ring is 1. The fraction of sp³-hybridized carbons (Fsp3) is 0.125. The van der Waals surface area contributed by atoms with Crippen LogP contribution in [0.4, 0.5) is 5.82 Å². The molecular formula is C8H9N5S. The first kappa shape index (κ1) is 9.04. The Bertz CT molecular complexity index is 439. The van der Waals surface area contributed by atoms with E-state index in [1.807, 2.05) is 12.3 Å². The number of nitrogens with two attached hydrogens (primary N) is 1. The van der Waals surface area contributed by atoms with Gasteiger partial charge >= 0.3 is 0 Å². The molecule has 2 aromatic rings. The molecule has 0 atom stereocenters. The number of hydrogen-bond acceptors (Lipinski definition) is 6. The third kappa shape index (κ3) is 1.70. The molecule has 3 N–H and O–H groups in total. The molecule has 14 heavy (non-hydrogen) atoms. The molecule has 6 heteroatoms. The summed E-state index contributed by atoms with van der Waals surface area (Å²) >= 11 is 1.57. The van der Waals surface area contributed by atoms with E-state index < -0.39 is 0 Å². The Kier molecular flexibility index (Phi) is 2.38. The van der Waals surface area contributed by atoms with Gasteiger partial charge in [0.2, 0.25) is 0 Å². The predicted molar refractivity (Wildman–Crippen MR) is 55.7 cm³/mol. The summed E-state index contributed by atoms with van der Waals surface area (Å²) in [5.41, 5.74) is 3.25. The van der Waals surface area contributed by atoms with Crippen molar-refractivity contribution >= 4 is 17.2 Å². The highest BCUT2D eigenvalue weighted by atomic mass is 32.1. The van der Waals surface area contributed by atoms with E-state index in [9.17, 15) is 0 Å². The minimum Gasteiger partial charge on any atom is -0.308 e. The number of hydrogen-bond donors (Lipinski definition) is 2. The van der Waals surface area contributed by atoms with E-state index in [2.05, 4.69) is 20.4 Å². The summed E-state index contributed by atoms with van der Waals surface area (Å²) in [5, 5.41) is 2.92. The molecule has 72 valence electrons. The van der Waals surface area contributed by atoms with Gasteiger partial charge in [-0.25, -0.2) is 20.8 Å². The van der Waals surface area contributed by atoms with Gasteiger partial charge in [0.1, 0.15) is 11.5 Å². The number of nitrogens with zero attached hydrogens (tertiary/aromatic N) is 3. The van der Waals surface area contributed by atoms with Crippen LogP contribution < -0.4 is 11.3 Å². The summed E-state index contributed by atoms with van der Waals surface area (Å²) in [6.07, 6.45) is 1.65. The Morgan fingerprint density at radius 1 is 1.43 bits per heavy atom. The topological polar surface area (TPSA) is 76.7 Å². The number of rotatable bonds is 2. The molecule has 0 aromatic carbocycles. The lowest BCUT2D eigenvalue weighted by atomic mass is 10.4. The van der Waals surface area contributed by atoms with Crippen LogP contribution in [0.3, 0.4) is 0 Å². The molecule has 0 radical (unpaired) electrons. The van der Waals surface area contributed by atoms with E-state index in [1.165, 1.54) is 0 Å². The van der Waals surface area contributed by atoms with Gasteiger partial charge < -0.3 is 5.43 Å². The maximum Gasteiger partial charge on any atom is 0.181 e. The van der Waals surface area contributed by atoms with Crippen LogP contribution >= 0.6 is 11.3 Å². The fourth-order valence-electron chi connectivity index (χ4n) is 1.03. The number of aromatic nitrogens is 3. The van der Waals surface area contributed by atoms with Crippen LogP contribution in [0.5, 0.6) is 0 Å². The van der Waals surface area contributed by atoms with E-state index in [0.29, 0.717) is 11.6 Å². The average Bonchev–Trinajstić information content (AvgIpc) is 2.65. The van der Waals surface area contributed by atoms with Crippen LogP contribution in [0.1, 0.15) is 5.01 Å². The molecule has 0 aliphatic heterocycles. The van der Waals surface area contributed by atoms with Gasteiger partial charge in [-0.05, 0) is 6.92 Å². The highest BCUT2D eigenvalue weighted by Gasteiger charge is 2.05. The van der Waals surface area contributed by atoms with Crippen LogP contribution in [0.15, 0.2) is 17.6 Å². The lowest BCUT2D eigenvalue weighted by Gasteiger charge is -1.99. The fourth-order valence-corrected chi connectivity index (χ4v) is 1.62. The van der Waals surface area contributed by atoms with E-state index in [1.54, 1.807) is 23.6 Å². The van der Waals surface area contributed by atoms with Crippen molar-refractivity contribution in [1.29, 1.82) is 0 Å². The standard InChI is InChI=1S/C8H9N5S/c1-5-11-6(4-14-5)8-10-3-2-7(12-8)13-9/h2-4H,9H2,1H3,(H,10,12,13). The highest BCUT2D eigenvalue weighted by Crippen LogP contribution is 2.18. The van der Waals surface area contributed by atoms with Gasteiger partial charge in [-0.1, -0.05) is 0 Å². The van der Waals surface area contributed by atoms with Crippen molar-refractivity contribution in [3.8, 4) is 11.5 Å².